The number of likely N-dealkylation sites (N-methyl/N-ethyl adjacent to an activating group) is 1. The summed E-state index contributed by atoms with van der Waals surface area (Å²) >= 11 is 0. The number of carbonyl (C=O) groups is 2. The van der Waals surface area contributed by atoms with E-state index in [1.807, 2.05) is 4.90 Å². The number of likely N-dealkylation sites (tertiary alicyclic amines) is 1. The van der Waals surface area contributed by atoms with Crippen LogP contribution in [0.1, 0.15) is 24.4 Å². The summed E-state index contributed by atoms with van der Waals surface area (Å²) in [6.45, 7) is 1.61. The van der Waals surface area contributed by atoms with Crippen LogP contribution in [0.15, 0.2) is 36.7 Å². The van der Waals surface area contributed by atoms with E-state index in [0.29, 0.717) is 11.4 Å². The Morgan fingerprint density at radius 2 is 2.07 bits per heavy atom. The number of aromatic nitrogens is 2. The quantitative estimate of drug-likeness (QED) is 0.766. The van der Waals surface area contributed by atoms with E-state index in [4.69, 9.17) is 4.74 Å². The molecule has 8 heteroatoms. The average Bonchev–Trinajstić information content (AvgIpc) is 3.33. The van der Waals surface area contributed by atoms with Gasteiger partial charge in [-0.15, -0.1) is 0 Å². The number of hydrogen-bond acceptors (Lipinski definition) is 5. The van der Waals surface area contributed by atoms with Crippen LogP contribution in [0.4, 0.5) is 5.69 Å². The van der Waals surface area contributed by atoms with Crippen LogP contribution in [0.2, 0.25) is 0 Å². The lowest BCUT2D eigenvalue weighted by molar-refractivity contribution is -0.132. The summed E-state index contributed by atoms with van der Waals surface area (Å²) in [5.74, 6) is 0.340. The van der Waals surface area contributed by atoms with Gasteiger partial charge >= 0.3 is 0 Å². The van der Waals surface area contributed by atoms with Crippen molar-refractivity contribution >= 4 is 17.5 Å². The lowest BCUT2D eigenvalue weighted by atomic mass is 10.1. The highest BCUT2D eigenvalue weighted by atomic mass is 16.5. The van der Waals surface area contributed by atoms with Crippen molar-refractivity contribution in [2.24, 2.45) is 7.05 Å². The molecule has 0 saturated carbocycles. The molecular weight excluding hydrogens is 346 g/mol. The van der Waals surface area contributed by atoms with E-state index in [1.54, 1.807) is 55.4 Å². The van der Waals surface area contributed by atoms with Crippen LogP contribution in [0.3, 0.4) is 0 Å². The molecule has 8 nitrogen and oxygen atoms in total. The fraction of sp³-hybridized carbons (Fsp3) is 0.421. The molecule has 0 spiro atoms. The van der Waals surface area contributed by atoms with Crippen LogP contribution in [0.5, 0.6) is 5.75 Å². The monoisotopic (exact) mass is 371 g/mol. The lowest BCUT2D eigenvalue weighted by Crippen LogP contribution is -2.32. The molecule has 1 unspecified atom stereocenters. The Labute approximate surface area is 158 Å². The molecule has 2 aromatic rings. The molecule has 3 rings (SSSR count). The van der Waals surface area contributed by atoms with Crippen molar-refractivity contribution in [1.82, 2.24) is 20.0 Å². The van der Waals surface area contributed by atoms with E-state index in [1.165, 1.54) is 0 Å². The number of nitrogens with zero attached hydrogens (tertiary/aromatic N) is 3. The van der Waals surface area contributed by atoms with E-state index in [-0.39, 0.29) is 18.4 Å². The molecule has 2 N–H and O–H groups in total. The van der Waals surface area contributed by atoms with Crippen molar-refractivity contribution in [2.75, 3.05) is 32.1 Å². The highest BCUT2D eigenvalue weighted by Gasteiger charge is 2.21. The zero-order valence-corrected chi connectivity index (χ0v) is 15.6. The second-order valence-electron chi connectivity index (χ2n) is 6.56. The minimum Gasteiger partial charge on any atom is -0.484 e. The molecule has 2 heterocycles. The Kier molecular flexibility index (Phi) is 6.08. The van der Waals surface area contributed by atoms with Crippen LogP contribution >= 0.6 is 0 Å². The predicted molar refractivity (Wildman–Crippen MR) is 101 cm³/mol. The number of amides is 2. The number of aryl methyl sites for hydroxylation is 1. The maximum absolute atomic E-state index is 12.6. The zero-order valence-electron chi connectivity index (χ0n) is 15.6. The van der Waals surface area contributed by atoms with Gasteiger partial charge in [-0.05, 0) is 32.0 Å². The summed E-state index contributed by atoms with van der Waals surface area (Å²) < 4.78 is 7.26. The molecule has 1 aromatic heterocycles. The fourth-order valence-corrected chi connectivity index (χ4v) is 3.12. The van der Waals surface area contributed by atoms with Gasteiger partial charge in [0.25, 0.3) is 5.91 Å². The van der Waals surface area contributed by atoms with Gasteiger partial charge in [0, 0.05) is 43.7 Å². The first-order valence-electron chi connectivity index (χ1n) is 9.04. The summed E-state index contributed by atoms with van der Waals surface area (Å²) in [6.07, 6.45) is 5.56. The van der Waals surface area contributed by atoms with E-state index >= 15 is 0 Å². The smallest absolute Gasteiger partial charge is 0.260 e. The molecule has 1 aliphatic rings. The normalized spacial score (nSPS) is 14.8. The standard InChI is InChI=1S/C19H25N5O3/c1-20-18(14-11-21-23(2)12-14)19(26)22-15-6-5-7-16(10-15)27-13-17(25)24-8-3-4-9-24/h5-7,10-12,18,20H,3-4,8-9,13H2,1-2H3,(H,22,26). The third-order valence-electron chi connectivity index (χ3n) is 4.53. The molecule has 1 atom stereocenters. The third kappa shape index (κ3) is 4.85. The minimum atomic E-state index is -0.514. The Balaban J connectivity index is 1.59. The van der Waals surface area contributed by atoms with Crippen molar-refractivity contribution in [3.05, 3.63) is 42.2 Å². The predicted octanol–water partition coefficient (Wildman–Crippen LogP) is 1.32. The van der Waals surface area contributed by atoms with Crippen LogP contribution < -0.4 is 15.4 Å². The van der Waals surface area contributed by atoms with Crippen LogP contribution in [-0.4, -0.2) is 53.2 Å². The number of nitrogens with one attached hydrogen (secondary N) is 2. The van der Waals surface area contributed by atoms with Gasteiger partial charge in [0.15, 0.2) is 6.61 Å². The first-order valence-corrected chi connectivity index (χ1v) is 9.04. The number of hydrogen-bond donors (Lipinski definition) is 2. The molecule has 1 fully saturated rings. The maximum Gasteiger partial charge on any atom is 0.260 e. The minimum absolute atomic E-state index is 0.00577. The van der Waals surface area contributed by atoms with Gasteiger partial charge in [-0.2, -0.15) is 5.10 Å². The second-order valence-corrected chi connectivity index (χ2v) is 6.56. The molecule has 1 saturated heterocycles. The first kappa shape index (κ1) is 18.9. The van der Waals surface area contributed by atoms with E-state index in [2.05, 4.69) is 15.7 Å². The van der Waals surface area contributed by atoms with Crippen molar-refractivity contribution < 1.29 is 14.3 Å². The van der Waals surface area contributed by atoms with Gasteiger partial charge in [0.2, 0.25) is 5.91 Å². The maximum atomic E-state index is 12.6. The Bertz CT molecular complexity index is 798. The largest absolute Gasteiger partial charge is 0.484 e. The Morgan fingerprint density at radius 3 is 2.74 bits per heavy atom. The SMILES string of the molecule is CNC(C(=O)Nc1cccc(OCC(=O)N2CCCC2)c1)c1cnn(C)c1. The van der Waals surface area contributed by atoms with Gasteiger partial charge < -0.3 is 20.3 Å². The van der Waals surface area contributed by atoms with Crippen LogP contribution in [0.25, 0.3) is 0 Å². The molecule has 0 aliphatic carbocycles. The molecule has 0 bridgehead atoms. The third-order valence-corrected chi connectivity index (χ3v) is 4.53. The van der Waals surface area contributed by atoms with Crippen molar-refractivity contribution in [3.8, 4) is 5.75 Å². The Hall–Kier alpha value is -2.87. The van der Waals surface area contributed by atoms with Gasteiger partial charge in [0.05, 0.1) is 6.20 Å². The summed E-state index contributed by atoms with van der Waals surface area (Å²) in [6, 6.07) is 6.53. The van der Waals surface area contributed by atoms with Crippen LogP contribution in [0, 0.1) is 0 Å². The number of anilines is 1. The molecule has 144 valence electrons. The van der Waals surface area contributed by atoms with Crippen molar-refractivity contribution in [1.29, 1.82) is 0 Å². The highest BCUT2D eigenvalue weighted by Crippen LogP contribution is 2.20. The topological polar surface area (TPSA) is 88.5 Å². The van der Waals surface area contributed by atoms with Gasteiger partial charge in [-0.3, -0.25) is 14.3 Å². The van der Waals surface area contributed by atoms with Crippen molar-refractivity contribution in [3.63, 3.8) is 0 Å². The zero-order chi connectivity index (χ0) is 19.2. The number of carbonyl (C=O) groups excluding carboxylic acids is 2. The number of benzene rings is 1. The van der Waals surface area contributed by atoms with E-state index in [0.717, 1.165) is 31.5 Å². The molecular formula is C19H25N5O3. The summed E-state index contributed by atoms with van der Waals surface area (Å²) in [7, 11) is 3.53. The molecule has 27 heavy (non-hydrogen) atoms. The van der Waals surface area contributed by atoms with Crippen molar-refractivity contribution in [2.45, 2.75) is 18.9 Å². The molecule has 0 radical (unpaired) electrons. The van der Waals surface area contributed by atoms with Crippen LogP contribution in [-0.2, 0) is 16.6 Å². The fourth-order valence-electron chi connectivity index (χ4n) is 3.12. The van der Waals surface area contributed by atoms with E-state index < -0.39 is 6.04 Å². The van der Waals surface area contributed by atoms with Gasteiger partial charge in [-0.25, -0.2) is 0 Å². The average molecular weight is 371 g/mol. The first-order chi connectivity index (χ1) is 13.1. The molecule has 2 amide bonds. The molecule has 1 aromatic carbocycles. The number of ether oxygens (including phenoxy) is 1. The number of rotatable bonds is 7. The summed E-state index contributed by atoms with van der Waals surface area (Å²) in [5, 5.41) is 9.96. The summed E-state index contributed by atoms with van der Waals surface area (Å²) in [4.78, 5) is 26.5. The van der Waals surface area contributed by atoms with E-state index in [9.17, 15) is 9.59 Å². The summed E-state index contributed by atoms with van der Waals surface area (Å²) in [5.41, 5.74) is 1.39. The molecule has 1 aliphatic heterocycles. The van der Waals surface area contributed by atoms with Gasteiger partial charge in [-0.1, -0.05) is 6.07 Å². The highest BCUT2D eigenvalue weighted by molar-refractivity contribution is 5.95. The van der Waals surface area contributed by atoms with Gasteiger partial charge in [0.1, 0.15) is 11.8 Å². The Morgan fingerprint density at radius 1 is 1.30 bits per heavy atom. The lowest BCUT2D eigenvalue weighted by Gasteiger charge is -2.17. The second kappa shape index (κ2) is 8.68.